The van der Waals surface area contributed by atoms with Crippen LogP contribution in [0.1, 0.15) is 41.5 Å². The van der Waals surface area contributed by atoms with Crippen LogP contribution in [0.5, 0.6) is 0 Å². The predicted octanol–water partition coefficient (Wildman–Crippen LogP) is 12.0. The van der Waals surface area contributed by atoms with Crippen LogP contribution in [0, 0.1) is 0 Å². The molecular weight excluding hydrogens is 1270 g/mol. The Morgan fingerprint density at radius 1 is 0.667 bits per heavy atom. The SMILES string of the molecule is CCOC(=O)CBr.Nc1cccc(Cl)c1.O=C(CBr)Nc1cccc(Cl)c1.O=C(CN1CCc2c([nH]c3ccc(Cl)cc23)C1CO)Nc1cccc(Cl)c1.O=C(O)CBr.OCC1NCCc2c1[nH]c1ccc(Cl)cc21. The minimum absolute atomic E-state index is 0.0231. The lowest BCUT2D eigenvalue weighted by atomic mass is 9.97. The molecule has 15 nitrogen and oxygen atoms in total. The van der Waals surface area contributed by atoms with Gasteiger partial charge in [0.15, 0.2) is 0 Å². The minimum Gasteiger partial charge on any atom is -0.481 e. The fourth-order valence-corrected chi connectivity index (χ4v) is 8.86. The quantitative estimate of drug-likeness (QED) is 0.0355. The topological polar surface area (TPSA) is 235 Å². The third-order valence-electron chi connectivity index (χ3n) is 10.8. The van der Waals surface area contributed by atoms with Crippen LogP contribution in [0.2, 0.25) is 25.1 Å². The fourth-order valence-electron chi connectivity index (χ4n) is 7.64. The van der Waals surface area contributed by atoms with E-state index in [2.05, 4.69) is 78.4 Å². The Hall–Kier alpha value is -4.41. The van der Waals surface area contributed by atoms with Crippen molar-refractivity contribution in [3.63, 3.8) is 0 Å². The summed E-state index contributed by atoms with van der Waals surface area (Å²) >= 11 is 38.1. The van der Waals surface area contributed by atoms with Crippen molar-refractivity contribution in [2.45, 2.75) is 31.8 Å². The number of aromatic nitrogens is 2. The van der Waals surface area contributed by atoms with Gasteiger partial charge in [-0.05, 0) is 128 Å². The number of nitrogens with one attached hydrogen (secondary N) is 5. The molecule has 9 rings (SSSR count). The third-order valence-corrected chi connectivity index (χ3v) is 13.4. The van der Waals surface area contributed by atoms with E-state index < -0.39 is 5.97 Å². The molecule has 2 aromatic heterocycles. The second kappa shape index (κ2) is 33.0. The van der Waals surface area contributed by atoms with E-state index >= 15 is 0 Å². The number of hydrogen-bond donors (Lipinski definition) is 9. The zero-order valence-corrected chi connectivity index (χ0v) is 48.8. The summed E-state index contributed by atoms with van der Waals surface area (Å²) in [6.07, 6.45) is 1.77. The monoisotopic (exact) mass is 1320 g/mol. The van der Waals surface area contributed by atoms with E-state index in [0.29, 0.717) is 61.0 Å². The van der Waals surface area contributed by atoms with Crippen molar-refractivity contribution in [1.29, 1.82) is 0 Å². The molecule has 10 N–H and O–H groups in total. The van der Waals surface area contributed by atoms with Crippen LogP contribution in [0.4, 0.5) is 17.1 Å². The fraction of sp³-hybridized carbons (Fsp3) is 0.269. The molecule has 2 aliphatic heterocycles. The highest BCUT2D eigenvalue weighted by molar-refractivity contribution is 9.09. The summed E-state index contributed by atoms with van der Waals surface area (Å²) in [4.78, 5) is 51.6. The van der Waals surface area contributed by atoms with Gasteiger partial charge in [-0.25, -0.2) is 0 Å². The molecule has 402 valence electrons. The van der Waals surface area contributed by atoms with Gasteiger partial charge in [0, 0.05) is 81.9 Å². The van der Waals surface area contributed by atoms with Gasteiger partial charge in [0.05, 0.1) is 43.8 Å². The maximum atomic E-state index is 12.5. The number of anilines is 3. The molecule has 0 bridgehead atoms. The molecular formula is C52H55Br3Cl5N7O8. The van der Waals surface area contributed by atoms with Gasteiger partial charge in [0.1, 0.15) is 10.7 Å². The van der Waals surface area contributed by atoms with Crippen LogP contribution < -0.4 is 21.7 Å². The molecule has 0 radical (unpaired) electrons. The Bertz CT molecular complexity index is 2970. The number of ether oxygens (including phenoxy) is 1. The average Bonchev–Trinajstić information content (AvgIpc) is 3.95. The number of carbonyl (C=O) groups excluding carboxylic acids is 3. The number of nitrogens with zero attached hydrogens (tertiary/aromatic N) is 1. The zero-order valence-electron chi connectivity index (χ0n) is 40.3. The number of benzene rings is 5. The number of esters is 1. The number of carboxylic acids is 1. The molecule has 4 heterocycles. The van der Waals surface area contributed by atoms with Crippen molar-refractivity contribution in [2.75, 3.05) is 71.8 Å². The number of carbonyl (C=O) groups is 4. The Balaban J connectivity index is 0.000000216. The number of fused-ring (bicyclic) bond motifs is 6. The number of aliphatic carboxylic acids is 1. The number of H-pyrrole nitrogens is 2. The molecule has 0 spiro atoms. The normalized spacial score (nSPS) is 14.2. The zero-order chi connectivity index (χ0) is 55.0. The number of aliphatic hydroxyl groups is 2. The van der Waals surface area contributed by atoms with Gasteiger partial charge in [-0.15, -0.1) is 0 Å². The highest BCUT2D eigenvalue weighted by Gasteiger charge is 2.31. The standard InChI is InChI=1S/C20H19Cl2N3O2.C12H13ClN2O.C8H7BrClNO.C6H6ClN.C4H7BrO2.C2H3BrO2/c21-12-2-1-3-14(8-12)23-19(27)10-25-7-6-15-16-9-13(22)4-5-17(16)24-20(15)18(25)11-26;13-7-1-2-10-9(5-7)8-3-4-14-11(6-16)12(8)15-10;9-5-8(12)11-7-3-1-2-6(10)4-7;7-5-2-1-3-6(8)4-5;1-2-7-4(6)3-5;3-1-2(4)5/h1-5,8-9,18,24,26H,6-7,10-11H2,(H,23,27);1-2,5,11,14-16H,3-4,6H2;1-4H,5H2,(H,11,12);1-4H,8H2;2-3H2,1H3;1H2,(H,4,5). The van der Waals surface area contributed by atoms with Gasteiger partial charge in [-0.1, -0.05) is 124 Å². The van der Waals surface area contributed by atoms with Gasteiger partial charge in [-0.3, -0.25) is 24.1 Å². The van der Waals surface area contributed by atoms with Crippen molar-refractivity contribution in [3.8, 4) is 0 Å². The molecule has 75 heavy (non-hydrogen) atoms. The first kappa shape index (κ1) is 63.1. The number of amides is 2. The summed E-state index contributed by atoms with van der Waals surface area (Å²) in [6.45, 7) is 4.06. The van der Waals surface area contributed by atoms with Gasteiger partial charge in [-0.2, -0.15) is 0 Å². The lowest BCUT2D eigenvalue weighted by molar-refractivity contribution is -0.139. The second-order valence-corrected chi connectivity index (χ2v) is 19.9. The molecule has 23 heteroatoms. The molecule has 0 saturated heterocycles. The van der Waals surface area contributed by atoms with Crippen LogP contribution >= 0.6 is 106 Å². The van der Waals surface area contributed by atoms with Crippen molar-refractivity contribution in [3.05, 3.63) is 157 Å². The number of alkyl halides is 3. The first-order chi connectivity index (χ1) is 35.9. The summed E-state index contributed by atoms with van der Waals surface area (Å²) in [5, 5.41) is 42.0. The van der Waals surface area contributed by atoms with E-state index in [9.17, 15) is 29.4 Å². The highest BCUT2D eigenvalue weighted by atomic mass is 79.9. The third kappa shape index (κ3) is 20.8. The Kier molecular flexibility index (Phi) is 27.8. The number of nitrogens with two attached hydrogens (primary N) is 1. The molecule has 2 unspecified atom stereocenters. The van der Waals surface area contributed by atoms with Crippen molar-refractivity contribution in [1.82, 2.24) is 20.2 Å². The predicted molar refractivity (Wildman–Crippen MR) is 315 cm³/mol. The molecule has 2 atom stereocenters. The van der Waals surface area contributed by atoms with Gasteiger partial charge in [0.2, 0.25) is 11.8 Å². The summed E-state index contributed by atoms with van der Waals surface area (Å²) in [5.41, 5.74) is 14.1. The number of aliphatic hydroxyl groups excluding tert-OH is 2. The Morgan fingerprint density at radius 2 is 1.17 bits per heavy atom. The summed E-state index contributed by atoms with van der Waals surface area (Å²) < 4.78 is 4.51. The highest BCUT2D eigenvalue weighted by Crippen LogP contribution is 2.36. The molecule has 2 amide bonds. The molecule has 0 saturated carbocycles. The first-order valence-electron chi connectivity index (χ1n) is 22.9. The summed E-state index contributed by atoms with van der Waals surface area (Å²) in [6, 6.07) is 32.5. The number of halogens is 8. The lowest BCUT2D eigenvalue weighted by Crippen LogP contribution is -2.42. The Morgan fingerprint density at radius 3 is 1.61 bits per heavy atom. The van der Waals surface area contributed by atoms with E-state index in [1.807, 2.05) is 47.4 Å². The van der Waals surface area contributed by atoms with E-state index in [1.165, 1.54) is 10.9 Å². The number of aromatic amines is 2. The molecule has 5 aromatic carbocycles. The Labute approximate surface area is 484 Å². The minimum atomic E-state index is -0.829. The van der Waals surface area contributed by atoms with Gasteiger partial charge >= 0.3 is 11.9 Å². The van der Waals surface area contributed by atoms with E-state index in [0.717, 1.165) is 57.8 Å². The number of rotatable bonds is 10. The van der Waals surface area contributed by atoms with Gasteiger partial charge in [0.25, 0.3) is 0 Å². The molecule has 0 fully saturated rings. The smallest absolute Gasteiger partial charge is 0.316 e. The van der Waals surface area contributed by atoms with E-state index in [-0.39, 0.29) is 55.0 Å². The maximum absolute atomic E-state index is 12.5. The lowest BCUT2D eigenvalue weighted by Gasteiger charge is -2.34. The summed E-state index contributed by atoms with van der Waals surface area (Å²) in [7, 11) is 0. The molecule has 2 aliphatic rings. The average molecular weight is 1320 g/mol. The van der Waals surface area contributed by atoms with Crippen molar-refractivity contribution >= 4 is 168 Å². The number of nitrogen functional groups attached to an aromatic ring is 1. The van der Waals surface area contributed by atoms with Crippen LogP contribution in [-0.4, -0.2) is 109 Å². The molecule has 7 aromatic rings. The number of carboxylic acid groups (broad SMARTS) is 1. The van der Waals surface area contributed by atoms with Gasteiger partial charge < -0.3 is 51.7 Å². The van der Waals surface area contributed by atoms with Crippen LogP contribution in [0.25, 0.3) is 21.8 Å². The van der Waals surface area contributed by atoms with E-state index in [4.69, 9.17) is 68.8 Å². The van der Waals surface area contributed by atoms with Crippen LogP contribution in [-0.2, 0) is 36.8 Å². The number of hydrogen-bond acceptors (Lipinski definition) is 10. The molecule has 0 aliphatic carbocycles. The summed E-state index contributed by atoms with van der Waals surface area (Å²) in [5.74, 6) is -1.26. The second-order valence-electron chi connectivity index (χ2n) is 16.0. The van der Waals surface area contributed by atoms with Crippen molar-refractivity contribution < 1.29 is 39.2 Å². The largest absolute Gasteiger partial charge is 0.481 e. The van der Waals surface area contributed by atoms with Crippen LogP contribution in [0.15, 0.2) is 109 Å². The maximum Gasteiger partial charge on any atom is 0.316 e. The van der Waals surface area contributed by atoms with E-state index in [1.54, 1.807) is 73.7 Å². The first-order valence-corrected chi connectivity index (χ1v) is 28.2. The van der Waals surface area contributed by atoms with Crippen molar-refractivity contribution in [2.24, 2.45) is 0 Å². The van der Waals surface area contributed by atoms with Crippen LogP contribution in [0.3, 0.4) is 0 Å².